The standard InChI is InChI=1S/C27H27FN4O2/c1-32-16-22(23(17-32)27(34)30-21-13-11-20(28)12-14-21)19-9-6-18(7-10-19)8-15-26(33)31-25-5-3-2-4-24(25)29/h2-15,22-23H,16-17,29H2,1H3,(H,30,34)(H,31,33)/b15-8+. The van der Waals surface area contributed by atoms with Crippen molar-refractivity contribution in [3.8, 4) is 0 Å². The number of nitrogens with one attached hydrogen (secondary N) is 2. The number of nitrogen functional groups attached to an aromatic ring is 1. The van der Waals surface area contributed by atoms with Gasteiger partial charge < -0.3 is 21.3 Å². The minimum atomic E-state index is -0.340. The van der Waals surface area contributed by atoms with Crippen LogP contribution in [0.5, 0.6) is 0 Å². The van der Waals surface area contributed by atoms with E-state index in [1.54, 1.807) is 30.3 Å². The molecule has 3 aromatic rings. The second-order valence-electron chi connectivity index (χ2n) is 8.51. The molecular formula is C27H27FN4O2. The molecule has 1 fully saturated rings. The molecule has 3 aromatic carbocycles. The SMILES string of the molecule is CN1CC(C(=O)Nc2ccc(F)cc2)C(c2ccc(/C=C/C(=O)Nc3ccccc3N)cc2)C1. The maximum absolute atomic E-state index is 13.2. The molecule has 1 saturated heterocycles. The molecule has 0 spiro atoms. The van der Waals surface area contributed by atoms with Crippen molar-refractivity contribution in [2.24, 2.45) is 5.92 Å². The van der Waals surface area contributed by atoms with Crippen LogP contribution < -0.4 is 16.4 Å². The van der Waals surface area contributed by atoms with Crippen LogP contribution in [0.1, 0.15) is 17.0 Å². The Morgan fingerprint density at radius 3 is 2.38 bits per heavy atom. The number of likely N-dealkylation sites (tertiary alicyclic amines) is 1. The van der Waals surface area contributed by atoms with Crippen LogP contribution in [0.2, 0.25) is 0 Å². The first-order valence-electron chi connectivity index (χ1n) is 11.1. The van der Waals surface area contributed by atoms with Gasteiger partial charge in [-0.15, -0.1) is 0 Å². The summed E-state index contributed by atoms with van der Waals surface area (Å²) >= 11 is 0. The molecule has 0 radical (unpaired) electrons. The van der Waals surface area contributed by atoms with Gasteiger partial charge in [-0.3, -0.25) is 9.59 Å². The van der Waals surface area contributed by atoms with Crippen molar-refractivity contribution in [3.63, 3.8) is 0 Å². The maximum Gasteiger partial charge on any atom is 0.248 e. The second kappa shape index (κ2) is 10.3. The van der Waals surface area contributed by atoms with E-state index in [9.17, 15) is 14.0 Å². The summed E-state index contributed by atoms with van der Waals surface area (Å²) in [5, 5.41) is 5.66. The van der Waals surface area contributed by atoms with Gasteiger partial charge in [0.2, 0.25) is 11.8 Å². The predicted octanol–water partition coefficient (Wildman–Crippen LogP) is 4.34. The van der Waals surface area contributed by atoms with Crippen molar-refractivity contribution >= 4 is 35.0 Å². The highest BCUT2D eigenvalue weighted by molar-refractivity contribution is 6.03. The van der Waals surface area contributed by atoms with Gasteiger partial charge in [-0.25, -0.2) is 4.39 Å². The lowest BCUT2D eigenvalue weighted by Gasteiger charge is -2.19. The third-order valence-electron chi connectivity index (χ3n) is 5.96. The molecule has 0 aromatic heterocycles. The molecule has 1 aliphatic heterocycles. The smallest absolute Gasteiger partial charge is 0.248 e. The number of para-hydroxylation sites is 2. The molecular weight excluding hydrogens is 431 g/mol. The number of nitrogens with two attached hydrogens (primary N) is 1. The monoisotopic (exact) mass is 458 g/mol. The molecule has 34 heavy (non-hydrogen) atoms. The largest absolute Gasteiger partial charge is 0.397 e. The van der Waals surface area contributed by atoms with Gasteiger partial charge >= 0.3 is 0 Å². The Kier molecular flexibility index (Phi) is 7.04. The average molecular weight is 459 g/mol. The lowest BCUT2D eigenvalue weighted by Crippen LogP contribution is -2.28. The number of benzene rings is 3. The number of amides is 2. The Hall–Kier alpha value is -3.97. The van der Waals surface area contributed by atoms with Crippen molar-refractivity contribution in [2.75, 3.05) is 36.5 Å². The highest BCUT2D eigenvalue weighted by atomic mass is 19.1. The second-order valence-corrected chi connectivity index (χ2v) is 8.51. The summed E-state index contributed by atoms with van der Waals surface area (Å²) in [6.45, 7) is 1.40. The molecule has 2 atom stereocenters. The van der Waals surface area contributed by atoms with Gasteiger partial charge in [0.15, 0.2) is 0 Å². The van der Waals surface area contributed by atoms with Crippen molar-refractivity contribution in [2.45, 2.75) is 5.92 Å². The highest BCUT2D eigenvalue weighted by Gasteiger charge is 2.37. The van der Waals surface area contributed by atoms with E-state index in [2.05, 4.69) is 15.5 Å². The molecule has 6 nitrogen and oxygen atoms in total. The van der Waals surface area contributed by atoms with Gasteiger partial charge in [0.05, 0.1) is 17.3 Å². The van der Waals surface area contributed by atoms with Crippen molar-refractivity contribution in [1.29, 1.82) is 0 Å². The van der Waals surface area contributed by atoms with Crippen LogP contribution in [0, 0.1) is 11.7 Å². The summed E-state index contributed by atoms with van der Waals surface area (Å²) < 4.78 is 13.2. The fourth-order valence-electron chi connectivity index (χ4n) is 4.18. The Bertz CT molecular complexity index is 1190. The van der Waals surface area contributed by atoms with E-state index >= 15 is 0 Å². The zero-order valence-corrected chi connectivity index (χ0v) is 18.9. The van der Waals surface area contributed by atoms with Gasteiger partial charge in [-0.2, -0.15) is 0 Å². The maximum atomic E-state index is 13.2. The van der Waals surface area contributed by atoms with E-state index in [1.807, 2.05) is 43.4 Å². The summed E-state index contributed by atoms with van der Waals surface area (Å²) in [5.41, 5.74) is 9.45. The number of anilines is 3. The molecule has 1 aliphatic rings. The molecule has 0 saturated carbocycles. The van der Waals surface area contributed by atoms with Gasteiger partial charge in [-0.1, -0.05) is 36.4 Å². The van der Waals surface area contributed by atoms with Crippen molar-refractivity contribution in [3.05, 3.63) is 95.8 Å². The number of nitrogens with zero attached hydrogens (tertiary/aromatic N) is 1. The number of hydrogen-bond acceptors (Lipinski definition) is 4. The van der Waals surface area contributed by atoms with E-state index in [1.165, 1.54) is 18.2 Å². The minimum Gasteiger partial charge on any atom is -0.397 e. The molecule has 2 amide bonds. The number of halogens is 1. The van der Waals surface area contributed by atoms with Crippen molar-refractivity contribution < 1.29 is 14.0 Å². The average Bonchev–Trinajstić information content (AvgIpc) is 3.23. The van der Waals surface area contributed by atoms with E-state index in [4.69, 9.17) is 5.73 Å². The molecule has 0 bridgehead atoms. The first kappa shape index (κ1) is 23.2. The number of carbonyl (C=O) groups is 2. The molecule has 174 valence electrons. The Balaban J connectivity index is 1.40. The summed E-state index contributed by atoms with van der Waals surface area (Å²) in [6, 6.07) is 20.7. The highest BCUT2D eigenvalue weighted by Crippen LogP contribution is 2.33. The first-order chi connectivity index (χ1) is 16.4. The van der Waals surface area contributed by atoms with E-state index in [0.717, 1.165) is 17.7 Å². The topological polar surface area (TPSA) is 87.5 Å². The molecule has 4 rings (SSSR count). The first-order valence-corrected chi connectivity index (χ1v) is 11.1. The van der Waals surface area contributed by atoms with Crippen LogP contribution in [0.15, 0.2) is 78.9 Å². The normalized spacial score (nSPS) is 18.2. The van der Waals surface area contributed by atoms with Crippen LogP contribution in [0.4, 0.5) is 21.5 Å². The fourth-order valence-corrected chi connectivity index (χ4v) is 4.18. The van der Waals surface area contributed by atoms with Crippen LogP contribution in [-0.2, 0) is 9.59 Å². The zero-order chi connectivity index (χ0) is 24.1. The molecule has 4 N–H and O–H groups in total. The Morgan fingerprint density at radius 1 is 0.971 bits per heavy atom. The number of rotatable bonds is 6. The van der Waals surface area contributed by atoms with Crippen LogP contribution in [0.3, 0.4) is 0 Å². The van der Waals surface area contributed by atoms with Gasteiger partial charge in [0.1, 0.15) is 5.82 Å². The zero-order valence-electron chi connectivity index (χ0n) is 18.9. The van der Waals surface area contributed by atoms with Gasteiger partial charge in [0.25, 0.3) is 0 Å². The third-order valence-corrected chi connectivity index (χ3v) is 5.96. The van der Waals surface area contributed by atoms with E-state index < -0.39 is 0 Å². The fraction of sp³-hybridized carbons (Fsp3) is 0.185. The van der Waals surface area contributed by atoms with Gasteiger partial charge in [-0.05, 0) is 60.6 Å². The van der Waals surface area contributed by atoms with Crippen molar-refractivity contribution in [1.82, 2.24) is 4.90 Å². The molecule has 1 heterocycles. The predicted molar refractivity (Wildman–Crippen MR) is 134 cm³/mol. The van der Waals surface area contributed by atoms with E-state index in [-0.39, 0.29) is 29.5 Å². The minimum absolute atomic E-state index is 0.0350. The lowest BCUT2D eigenvalue weighted by molar-refractivity contribution is -0.119. The van der Waals surface area contributed by atoms with Gasteiger partial charge in [0, 0.05) is 30.8 Å². The van der Waals surface area contributed by atoms with Crippen LogP contribution >= 0.6 is 0 Å². The number of hydrogen-bond donors (Lipinski definition) is 3. The Morgan fingerprint density at radius 2 is 1.68 bits per heavy atom. The Labute approximate surface area is 198 Å². The summed E-state index contributed by atoms with van der Waals surface area (Å²) in [6.07, 6.45) is 3.20. The van der Waals surface area contributed by atoms with Crippen LogP contribution in [-0.4, -0.2) is 36.9 Å². The molecule has 0 aliphatic carbocycles. The van der Waals surface area contributed by atoms with E-state index in [0.29, 0.717) is 23.6 Å². The summed E-state index contributed by atoms with van der Waals surface area (Å²) in [5.74, 6) is -0.877. The lowest BCUT2D eigenvalue weighted by atomic mass is 9.88. The molecule has 7 heteroatoms. The summed E-state index contributed by atoms with van der Waals surface area (Å²) in [7, 11) is 1.99. The molecule has 2 unspecified atom stereocenters. The number of carbonyl (C=O) groups excluding carboxylic acids is 2. The quantitative estimate of drug-likeness (QED) is 0.379. The van der Waals surface area contributed by atoms with Crippen LogP contribution in [0.25, 0.3) is 6.08 Å². The summed E-state index contributed by atoms with van der Waals surface area (Å²) in [4.78, 5) is 27.3. The third kappa shape index (κ3) is 5.68. The number of likely N-dealkylation sites (N-methyl/N-ethyl adjacent to an activating group) is 1.